The van der Waals surface area contributed by atoms with Crippen LogP contribution >= 0.6 is 0 Å². The molecule has 0 saturated heterocycles. The number of aromatic nitrogens is 2. The number of rotatable bonds is 6. The molecule has 6 heteroatoms. The summed E-state index contributed by atoms with van der Waals surface area (Å²) < 4.78 is 5.22. The minimum Gasteiger partial charge on any atom is -0.353 e. The average Bonchev–Trinajstić information content (AvgIpc) is 3.36. The highest BCUT2D eigenvalue weighted by Gasteiger charge is 2.33. The van der Waals surface area contributed by atoms with Crippen molar-refractivity contribution in [2.24, 2.45) is 10.9 Å². The van der Waals surface area contributed by atoms with E-state index in [1.807, 2.05) is 6.08 Å². The van der Waals surface area contributed by atoms with Crippen LogP contribution in [0.15, 0.2) is 22.2 Å². The van der Waals surface area contributed by atoms with Crippen molar-refractivity contribution < 1.29 is 4.52 Å². The third kappa shape index (κ3) is 3.37. The summed E-state index contributed by atoms with van der Waals surface area (Å²) in [5.74, 6) is 3.43. The number of guanidine groups is 1. The first kappa shape index (κ1) is 13.1. The maximum absolute atomic E-state index is 5.22. The Labute approximate surface area is 118 Å². The SMILES string of the molecule is C=CCNC(=NCc1nc(C2CC2)no1)N[C@@H]1C[C@@H]1C. The smallest absolute Gasteiger partial charge is 0.248 e. The van der Waals surface area contributed by atoms with Crippen LogP contribution in [-0.2, 0) is 6.54 Å². The third-order valence-corrected chi connectivity index (χ3v) is 3.64. The van der Waals surface area contributed by atoms with Crippen molar-refractivity contribution in [1.29, 1.82) is 0 Å². The van der Waals surface area contributed by atoms with E-state index in [-0.39, 0.29) is 0 Å². The van der Waals surface area contributed by atoms with Gasteiger partial charge in [-0.25, -0.2) is 4.99 Å². The quantitative estimate of drug-likeness (QED) is 0.468. The third-order valence-electron chi connectivity index (χ3n) is 3.64. The second-order valence-corrected chi connectivity index (χ2v) is 5.62. The first-order valence-corrected chi connectivity index (χ1v) is 7.24. The second kappa shape index (κ2) is 5.64. The fourth-order valence-corrected chi connectivity index (χ4v) is 2.01. The van der Waals surface area contributed by atoms with Crippen molar-refractivity contribution >= 4 is 5.96 Å². The molecule has 6 nitrogen and oxygen atoms in total. The molecule has 2 N–H and O–H groups in total. The van der Waals surface area contributed by atoms with E-state index >= 15 is 0 Å². The van der Waals surface area contributed by atoms with Crippen LogP contribution in [0.25, 0.3) is 0 Å². The molecular weight excluding hydrogens is 254 g/mol. The molecule has 1 heterocycles. The summed E-state index contributed by atoms with van der Waals surface area (Å²) in [6.07, 6.45) is 5.36. The van der Waals surface area contributed by atoms with Gasteiger partial charge >= 0.3 is 0 Å². The zero-order valence-corrected chi connectivity index (χ0v) is 11.8. The summed E-state index contributed by atoms with van der Waals surface area (Å²) in [6.45, 7) is 7.02. The van der Waals surface area contributed by atoms with Crippen LogP contribution in [0.3, 0.4) is 0 Å². The number of hydrogen-bond donors (Lipinski definition) is 2. The van der Waals surface area contributed by atoms with Crippen LogP contribution in [0.4, 0.5) is 0 Å². The van der Waals surface area contributed by atoms with Gasteiger partial charge in [0.25, 0.3) is 0 Å². The summed E-state index contributed by atoms with van der Waals surface area (Å²) in [5, 5.41) is 10.6. The average molecular weight is 275 g/mol. The summed E-state index contributed by atoms with van der Waals surface area (Å²) in [5.41, 5.74) is 0. The Kier molecular flexibility index (Phi) is 3.71. The van der Waals surface area contributed by atoms with Crippen LogP contribution < -0.4 is 10.6 Å². The zero-order chi connectivity index (χ0) is 13.9. The van der Waals surface area contributed by atoms with Gasteiger partial charge in [0, 0.05) is 18.5 Å². The summed E-state index contributed by atoms with van der Waals surface area (Å²) in [4.78, 5) is 8.86. The topological polar surface area (TPSA) is 75.3 Å². The summed E-state index contributed by atoms with van der Waals surface area (Å²) >= 11 is 0. The van der Waals surface area contributed by atoms with Crippen LogP contribution in [0.2, 0.25) is 0 Å². The van der Waals surface area contributed by atoms with Gasteiger partial charge in [0.15, 0.2) is 11.8 Å². The lowest BCUT2D eigenvalue weighted by molar-refractivity contribution is 0.374. The molecular formula is C14H21N5O. The number of hydrogen-bond acceptors (Lipinski definition) is 4. The lowest BCUT2D eigenvalue weighted by Crippen LogP contribution is -2.39. The molecule has 1 aromatic heterocycles. The molecule has 0 aliphatic heterocycles. The minimum absolute atomic E-state index is 0.410. The van der Waals surface area contributed by atoms with Crippen molar-refractivity contribution in [3.63, 3.8) is 0 Å². The fourth-order valence-electron chi connectivity index (χ4n) is 2.01. The van der Waals surface area contributed by atoms with E-state index < -0.39 is 0 Å². The first-order valence-electron chi connectivity index (χ1n) is 7.24. The van der Waals surface area contributed by atoms with Crippen molar-refractivity contribution in [1.82, 2.24) is 20.8 Å². The van der Waals surface area contributed by atoms with Crippen LogP contribution in [-0.4, -0.2) is 28.7 Å². The van der Waals surface area contributed by atoms with Crippen molar-refractivity contribution in [2.75, 3.05) is 6.54 Å². The molecule has 2 atom stereocenters. The van der Waals surface area contributed by atoms with Gasteiger partial charge in [-0.3, -0.25) is 0 Å². The maximum atomic E-state index is 5.22. The molecule has 2 aliphatic carbocycles. The fraction of sp³-hybridized carbons (Fsp3) is 0.643. The Hall–Kier alpha value is -1.85. The molecule has 108 valence electrons. The molecule has 1 aromatic rings. The molecule has 0 radical (unpaired) electrons. The van der Waals surface area contributed by atoms with Crippen molar-refractivity contribution in [3.8, 4) is 0 Å². The van der Waals surface area contributed by atoms with Gasteiger partial charge in [-0.15, -0.1) is 6.58 Å². The van der Waals surface area contributed by atoms with E-state index in [1.54, 1.807) is 0 Å². The Morgan fingerprint density at radius 2 is 2.35 bits per heavy atom. The number of nitrogens with one attached hydrogen (secondary N) is 2. The lowest BCUT2D eigenvalue weighted by Gasteiger charge is -2.10. The van der Waals surface area contributed by atoms with Gasteiger partial charge in [0.1, 0.15) is 6.54 Å². The second-order valence-electron chi connectivity index (χ2n) is 5.62. The number of aliphatic imine (C=N–C) groups is 1. The monoisotopic (exact) mass is 275 g/mol. The molecule has 0 spiro atoms. The minimum atomic E-state index is 0.410. The molecule has 2 saturated carbocycles. The number of nitrogens with zero attached hydrogens (tertiary/aromatic N) is 3. The van der Waals surface area contributed by atoms with E-state index in [9.17, 15) is 0 Å². The van der Waals surface area contributed by atoms with Gasteiger partial charge in [0.05, 0.1) is 0 Å². The highest BCUT2D eigenvalue weighted by Crippen LogP contribution is 2.38. The molecule has 0 unspecified atom stereocenters. The van der Waals surface area contributed by atoms with Gasteiger partial charge in [-0.1, -0.05) is 18.2 Å². The van der Waals surface area contributed by atoms with E-state index in [4.69, 9.17) is 4.52 Å². The highest BCUT2D eigenvalue weighted by molar-refractivity contribution is 5.80. The summed E-state index contributed by atoms with van der Waals surface area (Å²) in [6, 6.07) is 0.524. The van der Waals surface area contributed by atoms with Gasteiger partial charge < -0.3 is 15.2 Å². The van der Waals surface area contributed by atoms with Gasteiger partial charge in [0.2, 0.25) is 5.89 Å². The molecule has 0 amide bonds. The normalized spacial score (nSPS) is 25.4. The molecule has 0 bridgehead atoms. The van der Waals surface area contributed by atoms with Crippen LogP contribution in [0, 0.1) is 5.92 Å². The molecule has 3 rings (SSSR count). The van der Waals surface area contributed by atoms with Gasteiger partial charge in [-0.05, 0) is 25.2 Å². The predicted octanol–water partition coefficient (Wildman–Crippen LogP) is 1.58. The van der Waals surface area contributed by atoms with E-state index in [2.05, 4.69) is 39.3 Å². The Bertz CT molecular complexity index is 505. The Balaban J connectivity index is 1.57. The van der Waals surface area contributed by atoms with Crippen molar-refractivity contribution in [2.45, 2.75) is 44.7 Å². The summed E-state index contributed by atoms with van der Waals surface area (Å²) in [7, 11) is 0. The van der Waals surface area contributed by atoms with E-state index in [0.717, 1.165) is 17.7 Å². The highest BCUT2D eigenvalue weighted by atomic mass is 16.5. The predicted molar refractivity (Wildman–Crippen MR) is 76.3 cm³/mol. The largest absolute Gasteiger partial charge is 0.353 e. The first-order chi connectivity index (χ1) is 9.76. The molecule has 2 aliphatic rings. The lowest BCUT2D eigenvalue weighted by atomic mass is 10.4. The standard InChI is InChI=1S/C14H21N5O/c1-3-6-15-14(17-11-7-9(11)2)16-8-12-18-13(19-20-12)10-4-5-10/h3,9-11H,1,4-8H2,2H3,(H2,15,16,17)/t9-,11+/m0/s1. The van der Waals surface area contributed by atoms with Gasteiger partial charge in [-0.2, -0.15) is 4.98 Å². The molecule has 2 fully saturated rings. The Morgan fingerprint density at radius 3 is 3.00 bits per heavy atom. The Morgan fingerprint density at radius 1 is 1.55 bits per heavy atom. The van der Waals surface area contributed by atoms with Crippen molar-refractivity contribution in [3.05, 3.63) is 24.4 Å². The maximum Gasteiger partial charge on any atom is 0.248 e. The molecule has 0 aromatic carbocycles. The van der Waals surface area contributed by atoms with Crippen LogP contribution in [0.1, 0.15) is 43.8 Å². The molecule has 20 heavy (non-hydrogen) atoms. The zero-order valence-electron chi connectivity index (χ0n) is 11.8. The van der Waals surface area contributed by atoms with E-state index in [1.165, 1.54) is 19.3 Å². The van der Waals surface area contributed by atoms with E-state index in [0.29, 0.717) is 30.9 Å². The van der Waals surface area contributed by atoms with Crippen LogP contribution in [0.5, 0.6) is 0 Å².